The Balaban J connectivity index is 1.84. The molecule has 1 amide bonds. The molecule has 21 heavy (non-hydrogen) atoms. The molecule has 1 aliphatic heterocycles. The highest BCUT2D eigenvalue weighted by molar-refractivity contribution is 7.99. The van der Waals surface area contributed by atoms with Crippen molar-refractivity contribution in [1.29, 1.82) is 0 Å². The maximum atomic E-state index is 12.6. The quantitative estimate of drug-likeness (QED) is 0.942. The molecule has 0 spiro atoms. The summed E-state index contributed by atoms with van der Waals surface area (Å²) in [5.74, 6) is 1.52. The van der Waals surface area contributed by atoms with Gasteiger partial charge in [0, 0.05) is 10.6 Å². The van der Waals surface area contributed by atoms with Gasteiger partial charge >= 0.3 is 0 Å². The van der Waals surface area contributed by atoms with Gasteiger partial charge in [-0.2, -0.15) is 0 Å². The average molecular weight is 302 g/mol. The van der Waals surface area contributed by atoms with Crippen molar-refractivity contribution in [2.75, 3.05) is 5.75 Å². The zero-order chi connectivity index (χ0) is 14.8. The lowest BCUT2D eigenvalue weighted by molar-refractivity contribution is 0.0932. The monoisotopic (exact) mass is 302 g/mol. The summed E-state index contributed by atoms with van der Waals surface area (Å²) in [6, 6.07) is 8.32. The minimum atomic E-state index is -0.0858. The molecule has 0 bridgehead atoms. The van der Waals surface area contributed by atoms with Gasteiger partial charge in [-0.05, 0) is 31.4 Å². The Morgan fingerprint density at radius 3 is 3.10 bits per heavy atom. The van der Waals surface area contributed by atoms with Crippen LogP contribution in [0.25, 0.3) is 0 Å². The van der Waals surface area contributed by atoms with Crippen LogP contribution in [0.3, 0.4) is 0 Å². The molecule has 0 aliphatic carbocycles. The number of carbonyl (C=O) groups is 1. The third-order valence-electron chi connectivity index (χ3n) is 3.76. The van der Waals surface area contributed by atoms with Gasteiger partial charge in [0.05, 0.1) is 11.7 Å². The van der Waals surface area contributed by atoms with E-state index < -0.39 is 0 Å². The van der Waals surface area contributed by atoms with Crippen LogP contribution in [0.4, 0.5) is 0 Å². The predicted octanol–water partition coefficient (Wildman–Crippen LogP) is 3.51. The summed E-state index contributed by atoms with van der Waals surface area (Å²) in [6.45, 7) is 3.76. The van der Waals surface area contributed by atoms with Gasteiger partial charge in [-0.25, -0.2) is 0 Å². The molecular weight excluding hydrogens is 284 g/mol. The fourth-order valence-corrected chi connectivity index (χ4v) is 3.80. The van der Waals surface area contributed by atoms with Gasteiger partial charge in [-0.15, -0.1) is 11.8 Å². The van der Waals surface area contributed by atoms with E-state index in [0.29, 0.717) is 17.7 Å². The first-order chi connectivity index (χ1) is 10.2. The van der Waals surface area contributed by atoms with Gasteiger partial charge in [0.1, 0.15) is 11.3 Å². The van der Waals surface area contributed by atoms with Crippen LogP contribution in [0.5, 0.6) is 0 Å². The van der Waals surface area contributed by atoms with Crippen molar-refractivity contribution < 1.29 is 9.32 Å². The van der Waals surface area contributed by atoms with Gasteiger partial charge in [0.15, 0.2) is 0 Å². The number of nitrogens with one attached hydrogen (secondary N) is 1. The molecule has 0 saturated heterocycles. The molecule has 2 aromatic rings. The number of nitrogens with zero attached hydrogens (tertiary/aromatic N) is 1. The molecule has 0 radical (unpaired) electrons. The van der Waals surface area contributed by atoms with E-state index in [1.54, 1.807) is 6.92 Å². The van der Waals surface area contributed by atoms with E-state index in [2.05, 4.69) is 22.6 Å². The number of rotatable bonds is 3. The van der Waals surface area contributed by atoms with Gasteiger partial charge in [-0.1, -0.05) is 30.3 Å². The Kier molecular flexibility index (Phi) is 4.01. The average Bonchev–Trinajstić information content (AvgIpc) is 2.88. The Hall–Kier alpha value is -1.75. The standard InChI is InChI=1S/C16H18N2O2S/c1-3-12-15(10(2)20-18-12)16(19)17-13-8-9-21-14-7-5-4-6-11(13)14/h4-7,13H,3,8-9H2,1-2H3,(H,17,19)/t13-/m1/s1. The SMILES string of the molecule is CCc1noc(C)c1C(=O)N[C@@H]1CCSc2ccccc21. The first-order valence-corrected chi connectivity index (χ1v) is 8.17. The summed E-state index contributed by atoms with van der Waals surface area (Å²) >= 11 is 1.85. The lowest BCUT2D eigenvalue weighted by atomic mass is 10.0. The number of amides is 1. The molecule has 1 N–H and O–H groups in total. The largest absolute Gasteiger partial charge is 0.361 e. The Labute approximate surface area is 128 Å². The maximum absolute atomic E-state index is 12.6. The van der Waals surface area contributed by atoms with Crippen LogP contribution in [0.2, 0.25) is 0 Å². The van der Waals surface area contributed by atoms with Crippen molar-refractivity contribution in [3.05, 3.63) is 46.8 Å². The maximum Gasteiger partial charge on any atom is 0.257 e. The molecule has 1 atom stereocenters. The van der Waals surface area contributed by atoms with Crippen molar-refractivity contribution in [3.8, 4) is 0 Å². The van der Waals surface area contributed by atoms with Crippen LogP contribution >= 0.6 is 11.8 Å². The Bertz CT molecular complexity index is 666. The minimum Gasteiger partial charge on any atom is -0.361 e. The number of hydrogen-bond donors (Lipinski definition) is 1. The topological polar surface area (TPSA) is 55.1 Å². The van der Waals surface area contributed by atoms with E-state index in [1.807, 2.05) is 30.8 Å². The number of thioether (sulfide) groups is 1. The van der Waals surface area contributed by atoms with Crippen LogP contribution < -0.4 is 5.32 Å². The molecule has 0 saturated carbocycles. The first-order valence-electron chi connectivity index (χ1n) is 7.18. The number of fused-ring (bicyclic) bond motifs is 1. The summed E-state index contributed by atoms with van der Waals surface area (Å²) < 4.78 is 5.15. The van der Waals surface area contributed by atoms with Crippen LogP contribution in [-0.4, -0.2) is 16.8 Å². The summed E-state index contributed by atoms with van der Waals surface area (Å²) in [5.41, 5.74) is 2.52. The van der Waals surface area contributed by atoms with Crippen LogP contribution in [0.1, 0.15) is 46.8 Å². The fourth-order valence-electron chi connectivity index (χ4n) is 2.67. The van der Waals surface area contributed by atoms with Gasteiger partial charge in [0.25, 0.3) is 5.91 Å². The van der Waals surface area contributed by atoms with Crippen molar-refractivity contribution in [3.63, 3.8) is 0 Å². The molecule has 1 aromatic heterocycles. The van der Waals surface area contributed by atoms with Gasteiger partial charge < -0.3 is 9.84 Å². The smallest absolute Gasteiger partial charge is 0.257 e. The number of aryl methyl sites for hydroxylation is 2. The molecule has 1 aromatic carbocycles. The molecule has 2 heterocycles. The summed E-state index contributed by atoms with van der Waals surface area (Å²) in [6.07, 6.45) is 1.64. The highest BCUT2D eigenvalue weighted by Gasteiger charge is 2.25. The third kappa shape index (κ3) is 2.70. The van der Waals surface area contributed by atoms with Crippen LogP contribution in [0.15, 0.2) is 33.7 Å². The molecular formula is C16H18N2O2S. The highest BCUT2D eigenvalue weighted by atomic mass is 32.2. The highest BCUT2D eigenvalue weighted by Crippen LogP contribution is 2.36. The normalized spacial score (nSPS) is 17.3. The van der Waals surface area contributed by atoms with E-state index in [0.717, 1.165) is 17.9 Å². The van der Waals surface area contributed by atoms with E-state index >= 15 is 0 Å². The molecule has 3 rings (SSSR count). The lowest BCUT2D eigenvalue weighted by Crippen LogP contribution is -2.31. The molecule has 0 fully saturated rings. The predicted molar refractivity (Wildman–Crippen MR) is 82.6 cm³/mol. The van der Waals surface area contributed by atoms with Gasteiger partial charge in [0.2, 0.25) is 0 Å². The molecule has 1 aliphatic rings. The number of hydrogen-bond acceptors (Lipinski definition) is 4. The van der Waals surface area contributed by atoms with E-state index in [4.69, 9.17) is 4.52 Å². The van der Waals surface area contributed by atoms with Crippen LogP contribution in [-0.2, 0) is 6.42 Å². The van der Waals surface area contributed by atoms with E-state index in [9.17, 15) is 4.79 Å². The zero-order valence-electron chi connectivity index (χ0n) is 12.2. The second-order valence-electron chi connectivity index (χ2n) is 5.12. The summed E-state index contributed by atoms with van der Waals surface area (Å²) in [7, 11) is 0. The summed E-state index contributed by atoms with van der Waals surface area (Å²) in [4.78, 5) is 13.8. The van der Waals surface area contributed by atoms with Crippen molar-refractivity contribution in [1.82, 2.24) is 10.5 Å². The van der Waals surface area contributed by atoms with Crippen molar-refractivity contribution in [2.45, 2.75) is 37.6 Å². The molecule has 0 unspecified atom stereocenters. The minimum absolute atomic E-state index is 0.0638. The molecule has 4 nitrogen and oxygen atoms in total. The number of carbonyl (C=O) groups excluding carboxylic acids is 1. The lowest BCUT2D eigenvalue weighted by Gasteiger charge is -2.25. The molecule has 110 valence electrons. The fraction of sp³-hybridized carbons (Fsp3) is 0.375. The van der Waals surface area contributed by atoms with E-state index in [-0.39, 0.29) is 11.9 Å². The number of aromatic nitrogens is 1. The third-order valence-corrected chi connectivity index (χ3v) is 4.88. The Morgan fingerprint density at radius 1 is 1.48 bits per heavy atom. The van der Waals surface area contributed by atoms with Crippen LogP contribution in [0, 0.1) is 6.92 Å². The van der Waals surface area contributed by atoms with Crippen molar-refractivity contribution in [2.24, 2.45) is 0 Å². The van der Waals surface area contributed by atoms with E-state index in [1.165, 1.54) is 10.5 Å². The number of benzene rings is 1. The second kappa shape index (κ2) is 5.93. The van der Waals surface area contributed by atoms with Gasteiger partial charge in [-0.3, -0.25) is 4.79 Å². The van der Waals surface area contributed by atoms with Crippen molar-refractivity contribution >= 4 is 17.7 Å². The first kappa shape index (κ1) is 14.2. The second-order valence-corrected chi connectivity index (χ2v) is 6.25. The zero-order valence-corrected chi connectivity index (χ0v) is 13.0. The Morgan fingerprint density at radius 2 is 2.29 bits per heavy atom. The summed E-state index contributed by atoms with van der Waals surface area (Å²) in [5, 5.41) is 7.09. The molecule has 5 heteroatoms.